The lowest BCUT2D eigenvalue weighted by atomic mass is 10.0. The van der Waals surface area contributed by atoms with Crippen LogP contribution in [0.3, 0.4) is 0 Å². The van der Waals surface area contributed by atoms with Crippen molar-refractivity contribution in [2.24, 2.45) is 11.8 Å². The molecular formula is C14H20BrNO2. The Hall–Kier alpha value is -0.740. The number of hydrogen-bond donors (Lipinski definition) is 1. The van der Waals surface area contributed by atoms with E-state index in [1.165, 1.54) is 0 Å². The van der Waals surface area contributed by atoms with E-state index in [-0.39, 0.29) is 5.75 Å². The normalized spacial score (nSPS) is 24.4. The summed E-state index contributed by atoms with van der Waals surface area (Å²) in [6, 6.07) is 3.87. The summed E-state index contributed by atoms with van der Waals surface area (Å²) >= 11 is 3.36. The number of methoxy groups -OCH3 is 1. The van der Waals surface area contributed by atoms with E-state index in [0.29, 0.717) is 10.2 Å². The quantitative estimate of drug-likeness (QED) is 0.929. The number of aromatic hydroxyl groups is 1. The lowest BCUT2D eigenvalue weighted by molar-refractivity contribution is 0.314. The van der Waals surface area contributed by atoms with E-state index >= 15 is 0 Å². The van der Waals surface area contributed by atoms with Crippen molar-refractivity contribution in [3.63, 3.8) is 0 Å². The Balaban J connectivity index is 2.13. The minimum Gasteiger partial charge on any atom is -0.503 e. The Morgan fingerprint density at radius 2 is 1.94 bits per heavy atom. The topological polar surface area (TPSA) is 32.7 Å². The zero-order valence-electron chi connectivity index (χ0n) is 11.1. The first-order valence-corrected chi connectivity index (χ1v) is 7.08. The number of rotatable bonds is 3. The average molecular weight is 314 g/mol. The first kappa shape index (κ1) is 13.7. The van der Waals surface area contributed by atoms with E-state index < -0.39 is 0 Å². The maximum absolute atomic E-state index is 9.78. The molecule has 1 heterocycles. The summed E-state index contributed by atoms with van der Waals surface area (Å²) in [5, 5.41) is 9.78. The fourth-order valence-corrected chi connectivity index (χ4v) is 3.00. The van der Waals surface area contributed by atoms with Crippen LogP contribution in [0.4, 0.5) is 0 Å². The fraction of sp³-hybridized carbons (Fsp3) is 0.571. The van der Waals surface area contributed by atoms with E-state index in [1.807, 2.05) is 12.1 Å². The smallest absolute Gasteiger partial charge is 0.172 e. The first-order valence-electron chi connectivity index (χ1n) is 6.29. The molecule has 0 amide bonds. The van der Waals surface area contributed by atoms with Gasteiger partial charge in [-0.05, 0) is 45.5 Å². The maximum atomic E-state index is 9.78. The molecule has 0 aromatic heterocycles. The van der Waals surface area contributed by atoms with Crippen molar-refractivity contribution < 1.29 is 9.84 Å². The van der Waals surface area contributed by atoms with Gasteiger partial charge in [-0.25, -0.2) is 0 Å². The molecule has 0 spiro atoms. The molecular weight excluding hydrogens is 294 g/mol. The Bertz CT molecular complexity index is 426. The minimum absolute atomic E-state index is 0.171. The Morgan fingerprint density at radius 1 is 1.33 bits per heavy atom. The SMILES string of the molecule is COc1cc(CN2CC(C)C(C)C2)cc(Br)c1O. The third kappa shape index (κ3) is 2.81. The number of phenolic OH excluding ortho intramolecular Hbond substituents is 1. The van der Waals surface area contributed by atoms with Crippen LogP contribution in [-0.2, 0) is 6.54 Å². The molecule has 1 saturated heterocycles. The summed E-state index contributed by atoms with van der Waals surface area (Å²) in [5.74, 6) is 2.21. The molecule has 3 nitrogen and oxygen atoms in total. The minimum atomic E-state index is 0.171. The molecule has 1 N–H and O–H groups in total. The third-order valence-electron chi connectivity index (χ3n) is 3.78. The highest BCUT2D eigenvalue weighted by molar-refractivity contribution is 9.10. The molecule has 0 aliphatic carbocycles. The molecule has 2 atom stereocenters. The largest absolute Gasteiger partial charge is 0.503 e. The molecule has 1 aromatic rings. The fourth-order valence-electron chi connectivity index (χ4n) is 2.51. The molecule has 18 heavy (non-hydrogen) atoms. The summed E-state index contributed by atoms with van der Waals surface area (Å²) in [7, 11) is 1.57. The van der Waals surface area contributed by atoms with Crippen LogP contribution in [-0.4, -0.2) is 30.2 Å². The van der Waals surface area contributed by atoms with Crippen molar-refractivity contribution in [3.05, 3.63) is 22.2 Å². The number of nitrogens with zero attached hydrogens (tertiary/aromatic N) is 1. The summed E-state index contributed by atoms with van der Waals surface area (Å²) in [6.07, 6.45) is 0. The molecule has 1 aliphatic heterocycles. The van der Waals surface area contributed by atoms with Crippen LogP contribution >= 0.6 is 15.9 Å². The number of ether oxygens (including phenoxy) is 1. The van der Waals surface area contributed by atoms with E-state index in [9.17, 15) is 5.11 Å². The Labute approximate surface area is 117 Å². The van der Waals surface area contributed by atoms with Gasteiger partial charge < -0.3 is 9.84 Å². The second-order valence-corrected chi connectivity index (χ2v) is 6.13. The lowest BCUT2D eigenvalue weighted by Crippen LogP contribution is -2.20. The van der Waals surface area contributed by atoms with Crippen LogP contribution in [0.5, 0.6) is 11.5 Å². The maximum Gasteiger partial charge on any atom is 0.172 e. The van der Waals surface area contributed by atoms with Crippen molar-refractivity contribution in [2.75, 3.05) is 20.2 Å². The van der Waals surface area contributed by atoms with Crippen LogP contribution in [0, 0.1) is 11.8 Å². The van der Waals surface area contributed by atoms with Gasteiger partial charge in [-0.2, -0.15) is 0 Å². The predicted octanol–water partition coefficient (Wildman–Crippen LogP) is 3.25. The van der Waals surface area contributed by atoms with Gasteiger partial charge in [0.15, 0.2) is 11.5 Å². The Kier molecular flexibility index (Phi) is 4.17. The second-order valence-electron chi connectivity index (χ2n) is 5.28. The molecule has 2 unspecified atom stereocenters. The molecule has 0 radical (unpaired) electrons. The molecule has 2 rings (SSSR count). The molecule has 1 aliphatic rings. The molecule has 0 bridgehead atoms. The summed E-state index contributed by atoms with van der Waals surface area (Å²) < 4.78 is 5.87. The summed E-state index contributed by atoms with van der Waals surface area (Å²) in [5.41, 5.74) is 1.16. The summed E-state index contributed by atoms with van der Waals surface area (Å²) in [6.45, 7) is 7.80. The van der Waals surface area contributed by atoms with Gasteiger partial charge in [-0.3, -0.25) is 4.90 Å². The van der Waals surface area contributed by atoms with Crippen molar-refractivity contribution in [2.45, 2.75) is 20.4 Å². The number of hydrogen-bond acceptors (Lipinski definition) is 3. The van der Waals surface area contributed by atoms with Gasteiger partial charge in [0.25, 0.3) is 0 Å². The standard InChI is InChI=1S/C14H20BrNO2/c1-9-6-16(7-10(9)2)8-11-4-12(15)14(17)13(5-11)18-3/h4-5,9-10,17H,6-8H2,1-3H3. The first-order chi connectivity index (χ1) is 8.51. The van der Waals surface area contributed by atoms with Crippen LogP contribution in [0.25, 0.3) is 0 Å². The summed E-state index contributed by atoms with van der Waals surface area (Å²) in [4.78, 5) is 2.45. The Morgan fingerprint density at radius 3 is 2.50 bits per heavy atom. The number of benzene rings is 1. The van der Waals surface area contributed by atoms with Crippen LogP contribution in [0.15, 0.2) is 16.6 Å². The van der Waals surface area contributed by atoms with E-state index in [4.69, 9.17) is 4.74 Å². The zero-order valence-corrected chi connectivity index (χ0v) is 12.7. The van der Waals surface area contributed by atoms with Gasteiger partial charge in [-0.15, -0.1) is 0 Å². The molecule has 1 aromatic carbocycles. The third-order valence-corrected chi connectivity index (χ3v) is 4.38. The van der Waals surface area contributed by atoms with Gasteiger partial charge in [0.05, 0.1) is 11.6 Å². The molecule has 100 valence electrons. The molecule has 0 saturated carbocycles. The molecule has 4 heteroatoms. The van der Waals surface area contributed by atoms with Crippen molar-refractivity contribution in [1.29, 1.82) is 0 Å². The highest BCUT2D eigenvalue weighted by atomic mass is 79.9. The van der Waals surface area contributed by atoms with Gasteiger partial charge in [0.2, 0.25) is 0 Å². The second kappa shape index (κ2) is 5.49. The van der Waals surface area contributed by atoms with Gasteiger partial charge in [-0.1, -0.05) is 13.8 Å². The zero-order chi connectivity index (χ0) is 13.3. The van der Waals surface area contributed by atoms with Crippen molar-refractivity contribution in [1.82, 2.24) is 4.90 Å². The van der Waals surface area contributed by atoms with E-state index in [1.54, 1.807) is 7.11 Å². The molecule has 1 fully saturated rings. The van der Waals surface area contributed by atoms with Gasteiger partial charge in [0.1, 0.15) is 0 Å². The predicted molar refractivity (Wildman–Crippen MR) is 76.0 cm³/mol. The number of phenols is 1. The highest BCUT2D eigenvalue weighted by Gasteiger charge is 2.26. The van der Waals surface area contributed by atoms with E-state index in [0.717, 1.165) is 37.0 Å². The average Bonchev–Trinajstić information content (AvgIpc) is 2.62. The van der Waals surface area contributed by atoms with Gasteiger partial charge >= 0.3 is 0 Å². The van der Waals surface area contributed by atoms with Crippen LogP contribution < -0.4 is 4.74 Å². The monoisotopic (exact) mass is 313 g/mol. The van der Waals surface area contributed by atoms with Gasteiger partial charge in [0, 0.05) is 19.6 Å². The van der Waals surface area contributed by atoms with Crippen LogP contribution in [0.1, 0.15) is 19.4 Å². The van der Waals surface area contributed by atoms with E-state index in [2.05, 4.69) is 34.7 Å². The van der Waals surface area contributed by atoms with Crippen molar-refractivity contribution in [3.8, 4) is 11.5 Å². The number of halogens is 1. The number of likely N-dealkylation sites (tertiary alicyclic amines) is 1. The van der Waals surface area contributed by atoms with Crippen LogP contribution in [0.2, 0.25) is 0 Å². The lowest BCUT2D eigenvalue weighted by Gasteiger charge is -2.17. The van der Waals surface area contributed by atoms with Crippen molar-refractivity contribution >= 4 is 15.9 Å². The highest BCUT2D eigenvalue weighted by Crippen LogP contribution is 2.36.